The quantitative estimate of drug-likeness (QED) is 0.467. The van der Waals surface area contributed by atoms with Crippen molar-refractivity contribution < 1.29 is 9.72 Å². The number of rotatable bonds is 5. The molecule has 2 aromatic carbocycles. The van der Waals surface area contributed by atoms with Gasteiger partial charge in [0, 0.05) is 6.07 Å². The fraction of sp³-hybridized carbons (Fsp3) is 0.100. The van der Waals surface area contributed by atoms with Gasteiger partial charge < -0.3 is 5.32 Å². The van der Waals surface area contributed by atoms with Crippen LogP contribution in [0.15, 0.2) is 70.6 Å². The fourth-order valence-corrected chi connectivity index (χ4v) is 3.34. The number of nitrogens with one attached hydrogen (secondary N) is 1. The number of amides is 1. The highest BCUT2D eigenvalue weighted by Gasteiger charge is 2.23. The van der Waals surface area contributed by atoms with Crippen molar-refractivity contribution in [3.8, 4) is 0 Å². The molecule has 1 saturated heterocycles. The zero-order valence-corrected chi connectivity index (χ0v) is 15.4. The molecule has 6 nitrogen and oxygen atoms in total. The summed E-state index contributed by atoms with van der Waals surface area (Å²) in [5.74, 6) is -0.236. The summed E-state index contributed by atoms with van der Waals surface area (Å²) >= 11 is 1.24. The van der Waals surface area contributed by atoms with Crippen molar-refractivity contribution in [1.29, 1.82) is 0 Å². The largest absolute Gasteiger partial charge is 0.300 e. The second-order valence-electron chi connectivity index (χ2n) is 5.66. The Morgan fingerprint density at radius 1 is 1.19 bits per heavy atom. The van der Waals surface area contributed by atoms with Crippen LogP contribution in [-0.2, 0) is 11.2 Å². The van der Waals surface area contributed by atoms with Crippen molar-refractivity contribution in [1.82, 2.24) is 5.32 Å². The van der Waals surface area contributed by atoms with E-state index in [1.807, 2.05) is 24.3 Å². The molecule has 1 aliphatic rings. The number of benzene rings is 2. The van der Waals surface area contributed by atoms with Gasteiger partial charge in [-0.3, -0.25) is 14.9 Å². The number of hydrogen-bond acceptors (Lipinski definition) is 5. The second kappa shape index (κ2) is 8.46. The molecule has 0 saturated carbocycles. The molecule has 0 unspecified atom stereocenters. The van der Waals surface area contributed by atoms with Crippen LogP contribution in [0.1, 0.15) is 18.1 Å². The second-order valence-corrected chi connectivity index (χ2v) is 6.69. The van der Waals surface area contributed by atoms with E-state index in [9.17, 15) is 14.9 Å². The van der Waals surface area contributed by atoms with Gasteiger partial charge in [0.15, 0.2) is 5.17 Å². The number of carbonyl (C=O) groups excluding carboxylic acids is 1. The standard InChI is InChI=1S/C20H17N3O3S/c1-2-14-8-3-5-11-16(14)21-20-22-19(24)18(27-20)13-7-10-15-9-4-6-12-17(15)23(25)26/h3-13H,2H2,1H3,(H,21,22,24)/b10-7+,18-13-. The first-order valence-corrected chi connectivity index (χ1v) is 9.17. The van der Waals surface area contributed by atoms with Crippen molar-refractivity contribution >= 4 is 40.3 Å². The number of carbonyl (C=O) groups is 1. The summed E-state index contributed by atoms with van der Waals surface area (Å²) in [4.78, 5) is 27.7. The molecule has 7 heteroatoms. The number of allylic oxidation sites excluding steroid dienone is 2. The Bertz CT molecular complexity index is 980. The lowest BCUT2D eigenvalue weighted by Gasteiger charge is -2.02. The first-order valence-electron chi connectivity index (χ1n) is 8.36. The Kier molecular flexibility index (Phi) is 5.83. The average molecular weight is 379 g/mol. The Balaban J connectivity index is 1.78. The molecule has 1 heterocycles. The number of amidine groups is 1. The Morgan fingerprint density at radius 2 is 1.93 bits per heavy atom. The maximum absolute atomic E-state index is 12.1. The molecule has 0 aliphatic carbocycles. The lowest BCUT2D eigenvalue weighted by molar-refractivity contribution is -0.385. The van der Waals surface area contributed by atoms with E-state index in [2.05, 4.69) is 17.2 Å². The Morgan fingerprint density at radius 3 is 2.70 bits per heavy atom. The molecule has 1 amide bonds. The topological polar surface area (TPSA) is 84.6 Å². The lowest BCUT2D eigenvalue weighted by Crippen LogP contribution is -2.19. The monoisotopic (exact) mass is 379 g/mol. The minimum atomic E-state index is -0.431. The van der Waals surface area contributed by atoms with Gasteiger partial charge in [0.2, 0.25) is 0 Å². The van der Waals surface area contributed by atoms with Gasteiger partial charge in [-0.25, -0.2) is 4.99 Å². The summed E-state index contributed by atoms with van der Waals surface area (Å²) in [6.07, 6.45) is 5.73. The van der Waals surface area contributed by atoms with E-state index in [1.54, 1.807) is 36.4 Å². The molecule has 27 heavy (non-hydrogen) atoms. The van der Waals surface area contributed by atoms with Crippen LogP contribution in [0.2, 0.25) is 0 Å². The van der Waals surface area contributed by atoms with Crippen LogP contribution in [0, 0.1) is 10.1 Å². The number of hydrogen-bond donors (Lipinski definition) is 1. The third-order valence-corrected chi connectivity index (χ3v) is 4.83. The van der Waals surface area contributed by atoms with Crippen LogP contribution in [0.25, 0.3) is 6.08 Å². The average Bonchev–Trinajstić information content (AvgIpc) is 3.01. The number of nitrogens with zero attached hydrogens (tertiary/aromatic N) is 2. The molecule has 0 aromatic heterocycles. The van der Waals surface area contributed by atoms with E-state index in [-0.39, 0.29) is 11.6 Å². The van der Waals surface area contributed by atoms with Crippen LogP contribution >= 0.6 is 11.8 Å². The summed E-state index contributed by atoms with van der Waals surface area (Å²) in [5.41, 5.74) is 2.44. The van der Waals surface area contributed by atoms with Gasteiger partial charge >= 0.3 is 0 Å². The van der Waals surface area contributed by atoms with E-state index in [4.69, 9.17) is 0 Å². The highest BCUT2D eigenvalue weighted by molar-refractivity contribution is 8.18. The molecule has 1 fully saturated rings. The van der Waals surface area contributed by atoms with Gasteiger partial charge in [-0.2, -0.15) is 0 Å². The minimum Gasteiger partial charge on any atom is -0.300 e. The zero-order valence-electron chi connectivity index (χ0n) is 14.6. The molecule has 1 aliphatic heterocycles. The minimum absolute atomic E-state index is 0.0223. The molecule has 0 atom stereocenters. The maximum Gasteiger partial charge on any atom is 0.276 e. The van der Waals surface area contributed by atoms with Crippen molar-refractivity contribution in [2.45, 2.75) is 13.3 Å². The SMILES string of the molecule is CCc1ccccc1N=C1NC(=O)/C(=C/C=C/c2ccccc2[N+](=O)[O-])S1. The predicted molar refractivity (Wildman–Crippen MR) is 109 cm³/mol. The van der Waals surface area contributed by atoms with Crippen molar-refractivity contribution in [2.24, 2.45) is 4.99 Å². The van der Waals surface area contributed by atoms with Crippen molar-refractivity contribution in [3.63, 3.8) is 0 Å². The first kappa shape index (κ1) is 18.6. The van der Waals surface area contributed by atoms with Crippen LogP contribution in [0.5, 0.6) is 0 Å². The number of nitro benzene ring substituents is 1. The summed E-state index contributed by atoms with van der Waals surface area (Å²) in [5, 5.41) is 14.3. The Hall–Kier alpha value is -3.19. The molecule has 136 valence electrons. The number of aliphatic imine (C=N–C) groups is 1. The molecule has 2 aromatic rings. The number of thioether (sulfide) groups is 1. The van der Waals surface area contributed by atoms with E-state index in [0.717, 1.165) is 17.7 Å². The maximum atomic E-state index is 12.1. The smallest absolute Gasteiger partial charge is 0.276 e. The van der Waals surface area contributed by atoms with Gasteiger partial charge in [-0.15, -0.1) is 0 Å². The van der Waals surface area contributed by atoms with Gasteiger partial charge in [-0.1, -0.05) is 43.3 Å². The summed E-state index contributed by atoms with van der Waals surface area (Å²) in [7, 11) is 0. The third-order valence-electron chi connectivity index (χ3n) is 3.90. The summed E-state index contributed by atoms with van der Waals surface area (Å²) < 4.78 is 0. The van der Waals surface area contributed by atoms with Gasteiger partial charge in [0.1, 0.15) is 0 Å². The van der Waals surface area contributed by atoms with Crippen LogP contribution in [0.4, 0.5) is 11.4 Å². The van der Waals surface area contributed by atoms with Crippen LogP contribution in [0.3, 0.4) is 0 Å². The molecular formula is C20H17N3O3S. The predicted octanol–water partition coefficient (Wildman–Crippen LogP) is 4.61. The zero-order chi connectivity index (χ0) is 19.2. The number of nitro groups is 1. The molecular weight excluding hydrogens is 362 g/mol. The molecule has 3 rings (SSSR count). The molecule has 0 radical (unpaired) electrons. The first-order chi connectivity index (χ1) is 13.1. The van der Waals surface area contributed by atoms with E-state index in [0.29, 0.717) is 15.6 Å². The molecule has 0 bridgehead atoms. The summed E-state index contributed by atoms with van der Waals surface area (Å²) in [6.45, 7) is 2.05. The Labute approximate surface area is 160 Å². The van der Waals surface area contributed by atoms with Crippen molar-refractivity contribution in [2.75, 3.05) is 0 Å². The van der Waals surface area contributed by atoms with Gasteiger partial charge in [-0.05, 0) is 48.0 Å². The molecule has 1 N–H and O–H groups in total. The molecule has 0 spiro atoms. The number of para-hydroxylation sites is 2. The highest BCUT2D eigenvalue weighted by atomic mass is 32.2. The van der Waals surface area contributed by atoms with Gasteiger partial charge in [0.05, 0.1) is 21.1 Å². The van der Waals surface area contributed by atoms with Crippen LogP contribution < -0.4 is 5.32 Å². The third kappa shape index (κ3) is 4.51. The summed E-state index contributed by atoms with van der Waals surface area (Å²) in [6, 6.07) is 14.2. The highest BCUT2D eigenvalue weighted by Crippen LogP contribution is 2.28. The van der Waals surface area contributed by atoms with E-state index < -0.39 is 4.92 Å². The van der Waals surface area contributed by atoms with E-state index in [1.165, 1.54) is 17.8 Å². The lowest BCUT2D eigenvalue weighted by atomic mass is 10.1. The van der Waals surface area contributed by atoms with E-state index >= 15 is 0 Å². The van der Waals surface area contributed by atoms with Crippen molar-refractivity contribution in [3.05, 3.63) is 86.8 Å². The van der Waals surface area contributed by atoms with Crippen LogP contribution in [-0.4, -0.2) is 16.0 Å². The number of aryl methyl sites for hydroxylation is 1. The van der Waals surface area contributed by atoms with Gasteiger partial charge in [0.25, 0.3) is 11.6 Å². The fourth-order valence-electron chi connectivity index (χ4n) is 2.56. The normalized spacial score (nSPS) is 17.0.